The highest BCUT2D eigenvalue weighted by atomic mass is 19.3. The number of halogens is 2. The number of hydrogen-bond donors (Lipinski definition) is 1. The highest BCUT2D eigenvalue weighted by Crippen LogP contribution is 2.23. The van der Waals surface area contributed by atoms with Gasteiger partial charge in [0.05, 0.1) is 12.7 Å². The van der Waals surface area contributed by atoms with Crippen LogP contribution in [0, 0.1) is 6.92 Å². The maximum Gasteiger partial charge on any atom is 0.264 e. The number of aryl methyl sites for hydroxylation is 1. The fraction of sp³-hybridized carbons (Fsp3) is 0.600. The summed E-state index contributed by atoms with van der Waals surface area (Å²) in [5.74, 6) is 0. The van der Waals surface area contributed by atoms with Crippen molar-refractivity contribution < 1.29 is 23.4 Å². The van der Waals surface area contributed by atoms with Crippen LogP contribution in [0.2, 0.25) is 0 Å². The molecule has 2 atom stereocenters. The fourth-order valence-electron chi connectivity index (χ4n) is 1.96. The van der Waals surface area contributed by atoms with Gasteiger partial charge in [0.2, 0.25) is 0 Å². The molecular weight excluding hydrogens is 266 g/mol. The van der Waals surface area contributed by atoms with E-state index in [4.69, 9.17) is 9.84 Å². The lowest BCUT2D eigenvalue weighted by molar-refractivity contribution is -0.147. The number of hydrogen-bond acceptors (Lipinski definition) is 3. The van der Waals surface area contributed by atoms with Crippen LogP contribution in [0.5, 0.6) is 0 Å². The van der Waals surface area contributed by atoms with Crippen LogP contribution >= 0.6 is 0 Å². The van der Waals surface area contributed by atoms with E-state index >= 15 is 0 Å². The standard InChI is InChI=1S/C8H14F2O3.C7H8/c9-8(10)7-3-1-2-6(13-7)4-12-5-11;1-7-5-3-2-4-6-7/h6-8,11H,1-5H2;2-6H,1H3. The smallest absolute Gasteiger partial charge is 0.264 e. The van der Waals surface area contributed by atoms with Crippen molar-refractivity contribution in [3.05, 3.63) is 35.9 Å². The Hall–Kier alpha value is -1.04. The van der Waals surface area contributed by atoms with Crippen molar-refractivity contribution in [3.63, 3.8) is 0 Å². The first-order valence-electron chi connectivity index (χ1n) is 6.77. The summed E-state index contributed by atoms with van der Waals surface area (Å²) < 4.78 is 34.2. The topological polar surface area (TPSA) is 38.7 Å². The van der Waals surface area contributed by atoms with E-state index in [0.717, 1.165) is 12.8 Å². The normalized spacial score (nSPS) is 22.2. The Kier molecular flexibility index (Phi) is 8.34. The second-order valence-electron chi connectivity index (χ2n) is 4.72. The molecule has 3 nitrogen and oxygen atoms in total. The largest absolute Gasteiger partial charge is 0.371 e. The lowest BCUT2D eigenvalue weighted by atomic mass is 10.0. The summed E-state index contributed by atoms with van der Waals surface area (Å²) in [6.45, 7) is 1.89. The van der Waals surface area contributed by atoms with Gasteiger partial charge >= 0.3 is 0 Å². The lowest BCUT2D eigenvalue weighted by Gasteiger charge is -2.29. The first-order valence-corrected chi connectivity index (χ1v) is 6.77. The molecule has 20 heavy (non-hydrogen) atoms. The summed E-state index contributed by atoms with van der Waals surface area (Å²) in [5.41, 5.74) is 1.32. The van der Waals surface area contributed by atoms with Crippen molar-refractivity contribution in [2.45, 2.75) is 44.8 Å². The Bertz CT molecular complexity index is 346. The molecule has 5 heteroatoms. The molecule has 0 spiro atoms. The monoisotopic (exact) mass is 288 g/mol. The van der Waals surface area contributed by atoms with Gasteiger partial charge in [-0.05, 0) is 26.2 Å². The molecule has 1 N–H and O–H groups in total. The SMILES string of the molecule is Cc1ccccc1.OCOCC1CCCC(C(F)F)O1. The van der Waals surface area contributed by atoms with E-state index in [-0.39, 0.29) is 19.5 Å². The Morgan fingerprint density at radius 3 is 2.50 bits per heavy atom. The Morgan fingerprint density at radius 1 is 1.30 bits per heavy atom. The van der Waals surface area contributed by atoms with Crippen molar-refractivity contribution in [2.75, 3.05) is 13.4 Å². The molecule has 2 unspecified atom stereocenters. The van der Waals surface area contributed by atoms with Crippen molar-refractivity contribution in [1.82, 2.24) is 0 Å². The fourth-order valence-corrected chi connectivity index (χ4v) is 1.96. The van der Waals surface area contributed by atoms with Crippen LogP contribution in [0.1, 0.15) is 24.8 Å². The zero-order valence-corrected chi connectivity index (χ0v) is 11.7. The molecular formula is C15H22F2O3. The van der Waals surface area contributed by atoms with E-state index in [1.165, 1.54) is 5.56 Å². The van der Waals surface area contributed by atoms with Crippen LogP contribution in [0.25, 0.3) is 0 Å². The van der Waals surface area contributed by atoms with E-state index in [9.17, 15) is 8.78 Å². The van der Waals surface area contributed by atoms with Crippen molar-refractivity contribution >= 4 is 0 Å². The molecule has 0 aliphatic carbocycles. The second-order valence-corrected chi connectivity index (χ2v) is 4.72. The van der Waals surface area contributed by atoms with Gasteiger partial charge in [-0.1, -0.05) is 35.9 Å². The van der Waals surface area contributed by atoms with Gasteiger partial charge in [0.15, 0.2) is 0 Å². The molecule has 1 heterocycles. The second kappa shape index (κ2) is 9.80. The quantitative estimate of drug-likeness (QED) is 0.865. The average molecular weight is 288 g/mol. The van der Waals surface area contributed by atoms with Gasteiger partial charge in [0, 0.05) is 0 Å². The maximum absolute atomic E-state index is 12.2. The minimum Gasteiger partial charge on any atom is -0.371 e. The highest BCUT2D eigenvalue weighted by molar-refractivity contribution is 5.11. The molecule has 1 saturated heterocycles. The van der Waals surface area contributed by atoms with E-state index in [1.807, 2.05) is 18.2 Å². The number of aliphatic hydroxyl groups excluding tert-OH is 1. The van der Waals surface area contributed by atoms with Crippen LogP contribution in [0.3, 0.4) is 0 Å². The Labute approximate surface area is 118 Å². The van der Waals surface area contributed by atoms with Crippen LogP contribution in [0.4, 0.5) is 8.78 Å². The van der Waals surface area contributed by atoms with Gasteiger partial charge in [-0.2, -0.15) is 0 Å². The number of alkyl halides is 2. The van der Waals surface area contributed by atoms with Crippen LogP contribution in [-0.4, -0.2) is 37.1 Å². The Balaban J connectivity index is 0.000000240. The number of ether oxygens (including phenoxy) is 2. The molecule has 2 rings (SSSR count). The molecule has 1 fully saturated rings. The van der Waals surface area contributed by atoms with Gasteiger partial charge in [0.25, 0.3) is 6.43 Å². The Morgan fingerprint density at radius 2 is 2.00 bits per heavy atom. The van der Waals surface area contributed by atoms with Crippen molar-refractivity contribution in [3.8, 4) is 0 Å². The van der Waals surface area contributed by atoms with E-state index in [0.29, 0.717) is 6.42 Å². The summed E-state index contributed by atoms with van der Waals surface area (Å²) in [7, 11) is 0. The zero-order valence-electron chi connectivity index (χ0n) is 11.7. The predicted molar refractivity (Wildman–Crippen MR) is 72.7 cm³/mol. The van der Waals surface area contributed by atoms with E-state index in [2.05, 4.69) is 23.8 Å². The third kappa shape index (κ3) is 6.93. The summed E-state index contributed by atoms with van der Waals surface area (Å²) in [6, 6.07) is 10.3. The van der Waals surface area contributed by atoms with Gasteiger partial charge < -0.3 is 14.6 Å². The molecule has 0 radical (unpaired) electrons. The summed E-state index contributed by atoms with van der Waals surface area (Å²) in [4.78, 5) is 0. The molecule has 0 amide bonds. The zero-order chi connectivity index (χ0) is 14.8. The first kappa shape index (κ1) is 17.0. The molecule has 0 bridgehead atoms. The molecule has 1 aromatic rings. The third-order valence-electron chi connectivity index (χ3n) is 3.00. The lowest BCUT2D eigenvalue weighted by Crippen LogP contribution is -2.35. The van der Waals surface area contributed by atoms with Gasteiger partial charge in [0.1, 0.15) is 12.9 Å². The number of benzene rings is 1. The average Bonchev–Trinajstić information content (AvgIpc) is 2.47. The molecule has 1 aromatic carbocycles. The van der Waals surface area contributed by atoms with Crippen LogP contribution in [-0.2, 0) is 9.47 Å². The van der Waals surface area contributed by atoms with Crippen LogP contribution in [0.15, 0.2) is 30.3 Å². The van der Waals surface area contributed by atoms with E-state index in [1.54, 1.807) is 0 Å². The molecule has 0 aromatic heterocycles. The molecule has 114 valence electrons. The van der Waals surface area contributed by atoms with Crippen LogP contribution < -0.4 is 0 Å². The molecule has 0 saturated carbocycles. The maximum atomic E-state index is 12.2. The third-order valence-corrected chi connectivity index (χ3v) is 3.00. The predicted octanol–water partition coefficient (Wildman–Crippen LogP) is 3.15. The summed E-state index contributed by atoms with van der Waals surface area (Å²) >= 11 is 0. The number of rotatable bonds is 4. The van der Waals surface area contributed by atoms with E-state index < -0.39 is 12.5 Å². The van der Waals surface area contributed by atoms with Gasteiger partial charge in [-0.25, -0.2) is 8.78 Å². The highest BCUT2D eigenvalue weighted by Gasteiger charge is 2.28. The summed E-state index contributed by atoms with van der Waals surface area (Å²) in [5, 5.41) is 8.35. The minimum absolute atomic E-state index is 0.194. The van der Waals surface area contributed by atoms with Crippen molar-refractivity contribution in [2.24, 2.45) is 0 Å². The minimum atomic E-state index is -2.42. The summed E-state index contributed by atoms with van der Waals surface area (Å²) in [6.07, 6.45) is -1.80. The molecule has 1 aliphatic rings. The van der Waals surface area contributed by atoms with Gasteiger partial charge in [-0.3, -0.25) is 0 Å². The number of aliphatic hydroxyl groups is 1. The molecule has 1 aliphatic heterocycles. The van der Waals surface area contributed by atoms with Gasteiger partial charge in [-0.15, -0.1) is 0 Å². The first-order chi connectivity index (χ1) is 9.63. The van der Waals surface area contributed by atoms with Crippen molar-refractivity contribution in [1.29, 1.82) is 0 Å².